The lowest BCUT2D eigenvalue weighted by Gasteiger charge is -2.23. The molecular weight excluding hydrogens is 445 g/mol. The van der Waals surface area contributed by atoms with Gasteiger partial charge in [0.2, 0.25) is 6.41 Å². The minimum Gasteiger partial charge on any atom is -0.383 e. The second kappa shape index (κ2) is 9.85. The van der Waals surface area contributed by atoms with Gasteiger partial charge < -0.3 is 20.3 Å². The van der Waals surface area contributed by atoms with Crippen molar-refractivity contribution in [3.63, 3.8) is 0 Å². The Hall–Kier alpha value is -3.69. The zero-order valence-electron chi connectivity index (χ0n) is 17.6. The van der Waals surface area contributed by atoms with E-state index in [1.54, 1.807) is 36.3 Å². The van der Waals surface area contributed by atoms with Crippen LogP contribution in [0.4, 0.5) is 21.5 Å². The van der Waals surface area contributed by atoms with E-state index in [0.717, 1.165) is 15.9 Å². The van der Waals surface area contributed by atoms with Crippen LogP contribution in [-0.4, -0.2) is 38.5 Å². The number of nitrogens with one attached hydrogen (secondary N) is 2. The highest BCUT2D eigenvalue weighted by Gasteiger charge is 2.27. The molecule has 0 aromatic heterocycles. The highest BCUT2D eigenvalue weighted by Crippen LogP contribution is 2.42. The molecule has 1 aliphatic heterocycles. The summed E-state index contributed by atoms with van der Waals surface area (Å²) in [4.78, 5) is 39.6. The molecule has 168 valence electrons. The van der Waals surface area contributed by atoms with Crippen LogP contribution in [0, 0.1) is 5.82 Å². The van der Waals surface area contributed by atoms with Crippen molar-refractivity contribution < 1.29 is 23.5 Å². The largest absolute Gasteiger partial charge is 0.383 e. The second-order valence-electron chi connectivity index (χ2n) is 7.14. The number of methoxy groups -OCH3 is 1. The third kappa shape index (κ3) is 4.74. The molecule has 3 aromatic carbocycles. The summed E-state index contributed by atoms with van der Waals surface area (Å²) in [5.41, 5.74) is 1.91. The first-order chi connectivity index (χ1) is 16.0. The van der Waals surface area contributed by atoms with Gasteiger partial charge in [0, 0.05) is 34.7 Å². The van der Waals surface area contributed by atoms with Crippen molar-refractivity contribution >= 4 is 47.0 Å². The fraction of sp³-hybridized carbons (Fsp3) is 0.125. The van der Waals surface area contributed by atoms with E-state index < -0.39 is 11.7 Å². The number of fused-ring (bicyclic) bond motifs is 2. The molecule has 0 radical (unpaired) electrons. The van der Waals surface area contributed by atoms with Gasteiger partial charge >= 0.3 is 0 Å². The summed E-state index contributed by atoms with van der Waals surface area (Å²) in [6.45, 7) is 0.750. The highest BCUT2D eigenvalue weighted by molar-refractivity contribution is 7.99. The Morgan fingerprint density at radius 3 is 2.70 bits per heavy atom. The second-order valence-corrected chi connectivity index (χ2v) is 8.23. The lowest BCUT2D eigenvalue weighted by molar-refractivity contribution is -0.105. The summed E-state index contributed by atoms with van der Waals surface area (Å²) in [6, 6.07) is 16.4. The standard InChI is InChI=1S/C24H20FN3O4S/c1-32-11-10-28-20-9-7-16(13-22(20)33-21-5-3-2-4-17(21)24(28)31)27-23(30)15-6-8-19(26-14-29)18(25)12-15/h2-9,12-14H,10-11H2,1H3,(H,26,29)(H,27,30). The van der Waals surface area contributed by atoms with E-state index in [2.05, 4.69) is 10.6 Å². The molecule has 3 amide bonds. The Labute approximate surface area is 193 Å². The summed E-state index contributed by atoms with van der Waals surface area (Å²) >= 11 is 1.44. The van der Waals surface area contributed by atoms with Crippen molar-refractivity contribution in [1.82, 2.24) is 0 Å². The van der Waals surface area contributed by atoms with E-state index >= 15 is 0 Å². The zero-order valence-corrected chi connectivity index (χ0v) is 18.4. The first kappa shape index (κ1) is 22.5. The number of nitrogens with zero attached hydrogens (tertiary/aromatic N) is 1. The molecule has 0 bridgehead atoms. The van der Waals surface area contributed by atoms with Crippen LogP contribution in [0.5, 0.6) is 0 Å². The average Bonchev–Trinajstić information content (AvgIpc) is 2.93. The van der Waals surface area contributed by atoms with Gasteiger partial charge in [-0.05, 0) is 48.5 Å². The Morgan fingerprint density at radius 2 is 1.94 bits per heavy atom. The number of ether oxygens (including phenoxy) is 1. The molecule has 0 unspecified atom stereocenters. The Kier molecular flexibility index (Phi) is 6.71. The molecule has 0 atom stereocenters. The van der Waals surface area contributed by atoms with Gasteiger partial charge in [-0.3, -0.25) is 14.4 Å². The molecule has 7 nitrogen and oxygen atoms in total. The van der Waals surface area contributed by atoms with Crippen LogP contribution in [-0.2, 0) is 9.53 Å². The lowest BCUT2D eigenvalue weighted by atomic mass is 10.1. The Bertz CT molecular complexity index is 1230. The van der Waals surface area contributed by atoms with Gasteiger partial charge in [0.05, 0.1) is 23.5 Å². The number of hydrogen-bond acceptors (Lipinski definition) is 5. The fourth-order valence-corrected chi connectivity index (χ4v) is 4.56. The quantitative estimate of drug-likeness (QED) is 0.505. The molecular formula is C24H20FN3O4S. The van der Waals surface area contributed by atoms with Gasteiger partial charge in [0.25, 0.3) is 11.8 Å². The lowest BCUT2D eigenvalue weighted by Crippen LogP contribution is -2.33. The third-order valence-corrected chi connectivity index (χ3v) is 6.18. The highest BCUT2D eigenvalue weighted by atomic mass is 32.2. The number of amides is 3. The van der Waals surface area contributed by atoms with Crippen molar-refractivity contribution in [2.75, 3.05) is 35.8 Å². The first-order valence-electron chi connectivity index (χ1n) is 10.0. The summed E-state index contributed by atoms with van der Waals surface area (Å²) in [5, 5.41) is 4.99. The summed E-state index contributed by atoms with van der Waals surface area (Å²) in [7, 11) is 1.58. The summed E-state index contributed by atoms with van der Waals surface area (Å²) in [5.74, 6) is -1.33. The predicted molar refractivity (Wildman–Crippen MR) is 125 cm³/mol. The van der Waals surface area contributed by atoms with Crippen molar-refractivity contribution in [2.24, 2.45) is 0 Å². The molecule has 4 rings (SSSR count). The van der Waals surface area contributed by atoms with Crippen LogP contribution in [0.25, 0.3) is 0 Å². The molecule has 0 fully saturated rings. The molecule has 0 aliphatic carbocycles. The van der Waals surface area contributed by atoms with Crippen LogP contribution in [0.15, 0.2) is 70.5 Å². The smallest absolute Gasteiger partial charge is 0.259 e. The monoisotopic (exact) mass is 465 g/mol. The molecule has 2 N–H and O–H groups in total. The molecule has 0 saturated heterocycles. The van der Waals surface area contributed by atoms with Crippen LogP contribution in [0.2, 0.25) is 0 Å². The maximum Gasteiger partial charge on any atom is 0.259 e. The van der Waals surface area contributed by atoms with Gasteiger partial charge in [-0.2, -0.15) is 0 Å². The van der Waals surface area contributed by atoms with E-state index in [1.807, 2.05) is 18.2 Å². The molecule has 1 aliphatic rings. The maximum atomic E-state index is 14.1. The first-order valence-corrected chi connectivity index (χ1v) is 10.9. The molecule has 3 aromatic rings. The molecule has 33 heavy (non-hydrogen) atoms. The van der Waals surface area contributed by atoms with Crippen molar-refractivity contribution in [3.05, 3.63) is 77.6 Å². The van der Waals surface area contributed by atoms with Crippen molar-refractivity contribution in [2.45, 2.75) is 9.79 Å². The maximum absolute atomic E-state index is 14.1. The van der Waals surface area contributed by atoms with Crippen LogP contribution in [0.3, 0.4) is 0 Å². The van der Waals surface area contributed by atoms with Crippen molar-refractivity contribution in [1.29, 1.82) is 0 Å². The predicted octanol–water partition coefficient (Wildman–Crippen LogP) is 4.40. The van der Waals surface area contributed by atoms with Crippen LogP contribution in [0.1, 0.15) is 20.7 Å². The SMILES string of the molecule is COCCN1C(=O)c2ccccc2Sc2cc(NC(=O)c3ccc(NC=O)c(F)c3)ccc21. The molecule has 9 heteroatoms. The fourth-order valence-electron chi connectivity index (χ4n) is 3.45. The number of carbonyl (C=O) groups is 3. The number of benzene rings is 3. The van der Waals surface area contributed by atoms with Gasteiger partial charge in [-0.1, -0.05) is 23.9 Å². The molecule has 1 heterocycles. The van der Waals surface area contributed by atoms with Crippen molar-refractivity contribution in [3.8, 4) is 0 Å². The van der Waals surface area contributed by atoms with Gasteiger partial charge in [-0.25, -0.2) is 4.39 Å². The Balaban J connectivity index is 1.64. The minimum atomic E-state index is -0.712. The van der Waals surface area contributed by atoms with Gasteiger partial charge in [0.1, 0.15) is 5.82 Å². The topological polar surface area (TPSA) is 87.7 Å². The van der Waals surface area contributed by atoms with Crippen LogP contribution >= 0.6 is 11.8 Å². The Morgan fingerprint density at radius 1 is 1.12 bits per heavy atom. The normalized spacial score (nSPS) is 12.4. The summed E-state index contributed by atoms with van der Waals surface area (Å²) < 4.78 is 19.3. The van der Waals surface area contributed by atoms with E-state index in [0.29, 0.717) is 36.5 Å². The number of halogens is 1. The van der Waals surface area contributed by atoms with E-state index in [4.69, 9.17) is 4.74 Å². The minimum absolute atomic E-state index is 0.0116. The van der Waals surface area contributed by atoms with Crippen LogP contribution < -0.4 is 15.5 Å². The van der Waals surface area contributed by atoms with E-state index in [-0.39, 0.29) is 17.2 Å². The molecule has 0 saturated carbocycles. The average molecular weight is 466 g/mol. The number of rotatable bonds is 7. The van der Waals surface area contributed by atoms with E-state index in [9.17, 15) is 18.8 Å². The number of carbonyl (C=O) groups excluding carboxylic acids is 3. The zero-order chi connectivity index (χ0) is 23.4. The number of anilines is 3. The van der Waals surface area contributed by atoms with Gasteiger partial charge in [0.15, 0.2) is 0 Å². The number of hydrogen-bond donors (Lipinski definition) is 2. The third-order valence-electron chi connectivity index (χ3n) is 5.06. The molecule has 0 spiro atoms. The van der Waals surface area contributed by atoms with Gasteiger partial charge in [-0.15, -0.1) is 0 Å². The van der Waals surface area contributed by atoms with E-state index in [1.165, 1.54) is 23.9 Å². The summed E-state index contributed by atoms with van der Waals surface area (Å²) in [6.07, 6.45) is 0.365.